The molecule has 0 aliphatic carbocycles. The Balaban J connectivity index is 3.98. The zero-order valence-corrected chi connectivity index (χ0v) is 13.1. The summed E-state index contributed by atoms with van der Waals surface area (Å²) in [6.07, 6.45) is 4.91. The summed E-state index contributed by atoms with van der Waals surface area (Å²) in [4.78, 5) is 15.8. The molecule has 112 valence electrons. The quantitative estimate of drug-likeness (QED) is 0.356. The molecule has 0 saturated heterocycles. The van der Waals surface area contributed by atoms with Crippen molar-refractivity contribution in [3.8, 4) is 0 Å². The van der Waals surface area contributed by atoms with E-state index in [0.29, 0.717) is 6.54 Å². The predicted molar refractivity (Wildman–Crippen MR) is 81.4 cm³/mol. The first-order valence-electron chi connectivity index (χ1n) is 7.14. The summed E-state index contributed by atoms with van der Waals surface area (Å²) in [6.45, 7) is 7.50. The predicted octanol–water partition coefficient (Wildman–Crippen LogP) is 1.50. The maximum absolute atomic E-state index is 11.7. The van der Waals surface area contributed by atoms with Crippen molar-refractivity contribution < 1.29 is 4.79 Å². The van der Waals surface area contributed by atoms with Crippen LogP contribution in [-0.4, -0.2) is 39.1 Å². The van der Waals surface area contributed by atoms with Crippen LogP contribution in [0, 0.1) is 5.41 Å². The number of hydrogen-bond acceptors (Lipinski definition) is 2. The summed E-state index contributed by atoms with van der Waals surface area (Å²) in [5.41, 5.74) is -0.450. The van der Waals surface area contributed by atoms with Crippen LogP contribution in [0.4, 0.5) is 0 Å². The van der Waals surface area contributed by atoms with Gasteiger partial charge < -0.3 is 16.0 Å². The lowest BCUT2D eigenvalue weighted by Gasteiger charge is -2.24. The second-order valence-corrected chi connectivity index (χ2v) is 5.38. The first kappa shape index (κ1) is 17.7. The summed E-state index contributed by atoms with van der Waals surface area (Å²) in [7, 11) is 3.40. The number of nitrogens with zero attached hydrogens (tertiary/aromatic N) is 1. The monoisotopic (exact) mass is 270 g/mol. The third-order valence-corrected chi connectivity index (χ3v) is 3.09. The van der Waals surface area contributed by atoms with Crippen molar-refractivity contribution in [3.05, 3.63) is 0 Å². The molecule has 0 aromatic carbocycles. The average Bonchev–Trinajstić information content (AvgIpc) is 2.40. The standard InChI is InChI=1S/C14H30N4O/c1-6-7-8-9-10-17-13(16-5)18-11-14(2,3)12(19)15-4/h6-11H2,1-5H3,(H,15,19)(H2,16,17,18). The molecule has 0 aliphatic rings. The molecule has 0 aromatic rings. The molecule has 3 N–H and O–H groups in total. The Kier molecular flexibility index (Phi) is 9.00. The number of carbonyl (C=O) groups excluding carboxylic acids is 1. The molecule has 5 nitrogen and oxygen atoms in total. The fraction of sp³-hybridized carbons (Fsp3) is 0.857. The Morgan fingerprint density at radius 1 is 1.16 bits per heavy atom. The van der Waals surface area contributed by atoms with Crippen LogP contribution >= 0.6 is 0 Å². The highest BCUT2D eigenvalue weighted by molar-refractivity contribution is 5.84. The van der Waals surface area contributed by atoms with E-state index in [4.69, 9.17) is 0 Å². The Labute approximate surface area is 117 Å². The van der Waals surface area contributed by atoms with Crippen LogP contribution in [-0.2, 0) is 4.79 Å². The lowest BCUT2D eigenvalue weighted by molar-refractivity contribution is -0.128. The van der Waals surface area contributed by atoms with Gasteiger partial charge in [-0.2, -0.15) is 0 Å². The zero-order chi connectivity index (χ0) is 14.7. The van der Waals surface area contributed by atoms with Gasteiger partial charge in [0.2, 0.25) is 5.91 Å². The maximum Gasteiger partial charge on any atom is 0.227 e. The molecule has 5 heteroatoms. The van der Waals surface area contributed by atoms with Crippen molar-refractivity contribution in [1.82, 2.24) is 16.0 Å². The molecular weight excluding hydrogens is 240 g/mol. The molecule has 0 rings (SSSR count). The number of unbranched alkanes of at least 4 members (excludes halogenated alkanes) is 3. The Bertz CT molecular complexity index is 287. The Morgan fingerprint density at radius 3 is 2.37 bits per heavy atom. The van der Waals surface area contributed by atoms with Crippen molar-refractivity contribution in [1.29, 1.82) is 0 Å². The van der Waals surface area contributed by atoms with Gasteiger partial charge in [0.05, 0.1) is 5.41 Å². The zero-order valence-electron chi connectivity index (χ0n) is 13.1. The topological polar surface area (TPSA) is 65.5 Å². The first-order valence-corrected chi connectivity index (χ1v) is 7.14. The Morgan fingerprint density at radius 2 is 1.84 bits per heavy atom. The molecule has 1 amide bonds. The van der Waals surface area contributed by atoms with Crippen molar-refractivity contribution in [2.24, 2.45) is 10.4 Å². The van der Waals surface area contributed by atoms with E-state index in [1.807, 2.05) is 13.8 Å². The van der Waals surface area contributed by atoms with Crippen LogP contribution in [0.1, 0.15) is 46.5 Å². The second kappa shape index (κ2) is 9.64. The largest absolute Gasteiger partial charge is 0.359 e. The van der Waals surface area contributed by atoms with E-state index in [0.717, 1.165) is 18.9 Å². The fourth-order valence-electron chi connectivity index (χ4n) is 1.70. The number of amides is 1. The molecule has 0 bridgehead atoms. The van der Waals surface area contributed by atoms with Crippen LogP contribution in [0.25, 0.3) is 0 Å². The minimum Gasteiger partial charge on any atom is -0.359 e. The van der Waals surface area contributed by atoms with Gasteiger partial charge >= 0.3 is 0 Å². The summed E-state index contributed by atoms with van der Waals surface area (Å²) < 4.78 is 0. The van der Waals surface area contributed by atoms with E-state index in [9.17, 15) is 4.79 Å². The smallest absolute Gasteiger partial charge is 0.227 e. The maximum atomic E-state index is 11.7. The highest BCUT2D eigenvalue weighted by Gasteiger charge is 2.26. The SMILES string of the molecule is CCCCCCNC(=NC)NCC(C)(C)C(=O)NC. The van der Waals surface area contributed by atoms with E-state index in [-0.39, 0.29) is 5.91 Å². The number of hydrogen-bond donors (Lipinski definition) is 3. The molecule has 0 aromatic heterocycles. The lowest BCUT2D eigenvalue weighted by atomic mass is 9.92. The van der Waals surface area contributed by atoms with Crippen LogP contribution in [0.5, 0.6) is 0 Å². The third-order valence-electron chi connectivity index (χ3n) is 3.09. The van der Waals surface area contributed by atoms with E-state index in [2.05, 4.69) is 27.9 Å². The number of nitrogens with one attached hydrogen (secondary N) is 3. The van der Waals surface area contributed by atoms with Gasteiger partial charge in [-0.3, -0.25) is 9.79 Å². The number of aliphatic imine (C=N–C) groups is 1. The molecule has 0 fully saturated rings. The van der Waals surface area contributed by atoms with Crippen molar-refractivity contribution >= 4 is 11.9 Å². The number of carbonyl (C=O) groups is 1. The minimum absolute atomic E-state index is 0.0263. The van der Waals surface area contributed by atoms with E-state index >= 15 is 0 Å². The van der Waals surface area contributed by atoms with Gasteiger partial charge in [0.25, 0.3) is 0 Å². The number of guanidine groups is 1. The Hall–Kier alpha value is -1.26. The van der Waals surface area contributed by atoms with Crippen molar-refractivity contribution in [3.63, 3.8) is 0 Å². The highest BCUT2D eigenvalue weighted by Crippen LogP contribution is 2.12. The summed E-state index contributed by atoms with van der Waals surface area (Å²) in [5.74, 6) is 0.784. The fourth-order valence-corrected chi connectivity index (χ4v) is 1.70. The molecule has 0 heterocycles. The van der Waals surface area contributed by atoms with Crippen LogP contribution < -0.4 is 16.0 Å². The first-order chi connectivity index (χ1) is 8.97. The highest BCUT2D eigenvalue weighted by atomic mass is 16.2. The van der Waals surface area contributed by atoms with E-state index < -0.39 is 5.41 Å². The summed E-state index contributed by atoms with van der Waals surface area (Å²) in [5, 5.41) is 9.13. The molecular formula is C14H30N4O. The molecule has 0 spiro atoms. The molecule has 0 unspecified atom stereocenters. The van der Waals surface area contributed by atoms with Gasteiger partial charge in [-0.15, -0.1) is 0 Å². The van der Waals surface area contributed by atoms with Crippen molar-refractivity contribution in [2.75, 3.05) is 27.2 Å². The van der Waals surface area contributed by atoms with Gasteiger partial charge in [-0.25, -0.2) is 0 Å². The summed E-state index contributed by atoms with van der Waals surface area (Å²) >= 11 is 0. The van der Waals surface area contributed by atoms with Gasteiger partial charge in [0.1, 0.15) is 0 Å². The molecule has 0 aliphatic heterocycles. The molecule has 19 heavy (non-hydrogen) atoms. The summed E-state index contributed by atoms with van der Waals surface area (Å²) in [6, 6.07) is 0. The third kappa shape index (κ3) is 7.70. The van der Waals surface area contributed by atoms with Crippen LogP contribution in [0.3, 0.4) is 0 Å². The molecule has 0 radical (unpaired) electrons. The van der Waals surface area contributed by atoms with E-state index in [1.165, 1.54) is 19.3 Å². The second-order valence-electron chi connectivity index (χ2n) is 5.38. The lowest BCUT2D eigenvalue weighted by Crippen LogP contribution is -2.47. The number of rotatable bonds is 8. The van der Waals surface area contributed by atoms with Gasteiger partial charge in [-0.05, 0) is 20.3 Å². The average molecular weight is 270 g/mol. The molecule has 0 saturated carbocycles. The van der Waals surface area contributed by atoms with Gasteiger partial charge in [-0.1, -0.05) is 26.2 Å². The normalized spacial score (nSPS) is 12.2. The van der Waals surface area contributed by atoms with Crippen LogP contribution in [0.2, 0.25) is 0 Å². The van der Waals surface area contributed by atoms with Gasteiger partial charge in [0, 0.05) is 27.2 Å². The minimum atomic E-state index is -0.450. The van der Waals surface area contributed by atoms with Gasteiger partial charge in [0.15, 0.2) is 5.96 Å². The van der Waals surface area contributed by atoms with E-state index in [1.54, 1.807) is 14.1 Å². The molecule has 0 atom stereocenters. The van der Waals surface area contributed by atoms with Crippen molar-refractivity contribution in [2.45, 2.75) is 46.5 Å². The van der Waals surface area contributed by atoms with Crippen LogP contribution in [0.15, 0.2) is 4.99 Å².